The highest BCUT2D eigenvalue weighted by Gasteiger charge is 2.31. The largest absolute Gasteiger partial charge is 0.444 e. The molecule has 1 rings (SSSR count). The fraction of sp³-hybridized carbons (Fsp3) is 0.909. The lowest BCUT2D eigenvalue weighted by Gasteiger charge is -2.36. The molecule has 0 aromatic rings. The van der Waals surface area contributed by atoms with E-state index in [0.717, 1.165) is 6.26 Å². The van der Waals surface area contributed by atoms with Crippen LogP contribution in [0.15, 0.2) is 0 Å². The molecule has 1 aliphatic rings. The van der Waals surface area contributed by atoms with Crippen LogP contribution in [0.3, 0.4) is 0 Å². The molecule has 1 unspecified atom stereocenters. The van der Waals surface area contributed by atoms with E-state index in [1.807, 2.05) is 0 Å². The van der Waals surface area contributed by atoms with Crippen molar-refractivity contribution in [2.75, 3.05) is 32.6 Å². The predicted molar refractivity (Wildman–Crippen MR) is 68.3 cm³/mol. The van der Waals surface area contributed by atoms with Crippen LogP contribution in [0.25, 0.3) is 0 Å². The van der Waals surface area contributed by atoms with Crippen LogP contribution in [-0.4, -0.2) is 63.7 Å². The summed E-state index contributed by atoms with van der Waals surface area (Å²) in [5.74, 6) is 0. The number of carbonyl (C=O) groups excluding carboxylic acids is 1. The van der Waals surface area contributed by atoms with Crippen molar-refractivity contribution in [3.05, 3.63) is 0 Å². The van der Waals surface area contributed by atoms with E-state index in [1.54, 1.807) is 20.8 Å². The van der Waals surface area contributed by atoms with Gasteiger partial charge in [0.25, 0.3) is 10.1 Å². The molecule has 1 amide bonds. The molecule has 0 radical (unpaired) electrons. The van der Waals surface area contributed by atoms with Crippen LogP contribution in [-0.2, 0) is 23.8 Å². The lowest BCUT2D eigenvalue weighted by molar-refractivity contribution is -0.0413. The van der Waals surface area contributed by atoms with Gasteiger partial charge in [-0.15, -0.1) is 0 Å². The number of carbonyl (C=O) groups is 1. The van der Waals surface area contributed by atoms with Gasteiger partial charge >= 0.3 is 6.09 Å². The van der Waals surface area contributed by atoms with Crippen molar-refractivity contribution in [2.45, 2.75) is 32.4 Å². The molecule has 112 valence electrons. The smallest absolute Gasteiger partial charge is 0.410 e. The third-order valence-electron chi connectivity index (χ3n) is 2.33. The highest BCUT2D eigenvalue weighted by atomic mass is 32.2. The molecule has 0 spiro atoms. The Bertz CT molecular complexity index is 413. The van der Waals surface area contributed by atoms with Gasteiger partial charge in [0.2, 0.25) is 0 Å². The monoisotopic (exact) mass is 295 g/mol. The van der Waals surface area contributed by atoms with Gasteiger partial charge in [-0.3, -0.25) is 9.08 Å². The first kappa shape index (κ1) is 16.2. The molecule has 0 N–H and O–H groups in total. The van der Waals surface area contributed by atoms with E-state index in [4.69, 9.17) is 13.7 Å². The molecule has 1 fully saturated rings. The first-order valence-corrected chi connectivity index (χ1v) is 7.82. The molecule has 0 saturated carbocycles. The van der Waals surface area contributed by atoms with Gasteiger partial charge in [0, 0.05) is 6.54 Å². The maximum Gasteiger partial charge on any atom is 0.410 e. The van der Waals surface area contributed by atoms with Crippen molar-refractivity contribution in [3.63, 3.8) is 0 Å². The fourth-order valence-electron chi connectivity index (χ4n) is 1.56. The Morgan fingerprint density at radius 3 is 2.58 bits per heavy atom. The molecule has 0 bridgehead atoms. The predicted octanol–water partition coefficient (Wildman–Crippen LogP) is 0.599. The average molecular weight is 295 g/mol. The number of ether oxygens (including phenoxy) is 2. The van der Waals surface area contributed by atoms with E-state index in [9.17, 15) is 13.2 Å². The Morgan fingerprint density at radius 2 is 2.05 bits per heavy atom. The molecule has 0 aromatic heterocycles. The Balaban J connectivity index is 2.64. The summed E-state index contributed by atoms with van der Waals surface area (Å²) >= 11 is 0. The van der Waals surface area contributed by atoms with Gasteiger partial charge in [0.15, 0.2) is 0 Å². The summed E-state index contributed by atoms with van der Waals surface area (Å²) in [5, 5.41) is 0. The molecular weight excluding hydrogens is 274 g/mol. The van der Waals surface area contributed by atoms with E-state index >= 15 is 0 Å². The number of morpholine rings is 1. The molecule has 8 heteroatoms. The molecular formula is C11H21NO6S. The van der Waals surface area contributed by atoms with Crippen LogP contribution in [0.2, 0.25) is 0 Å². The maximum atomic E-state index is 12.0. The highest BCUT2D eigenvalue weighted by Crippen LogP contribution is 2.15. The Hall–Kier alpha value is -0.860. The Labute approximate surface area is 113 Å². The van der Waals surface area contributed by atoms with Gasteiger partial charge in [0.05, 0.1) is 32.1 Å². The third kappa shape index (κ3) is 6.22. The van der Waals surface area contributed by atoms with E-state index < -0.39 is 27.9 Å². The summed E-state index contributed by atoms with van der Waals surface area (Å²) in [6.07, 6.45) is 0.479. The number of nitrogens with zero attached hydrogens (tertiary/aromatic N) is 1. The second kappa shape index (κ2) is 6.06. The normalized spacial score (nSPS) is 21.3. The molecule has 1 heterocycles. The van der Waals surface area contributed by atoms with Crippen LogP contribution in [0.4, 0.5) is 4.79 Å². The van der Waals surface area contributed by atoms with Gasteiger partial charge in [-0.05, 0) is 20.8 Å². The molecule has 1 aliphatic heterocycles. The van der Waals surface area contributed by atoms with Gasteiger partial charge in [-0.25, -0.2) is 4.79 Å². The lowest BCUT2D eigenvalue weighted by Crippen LogP contribution is -2.52. The highest BCUT2D eigenvalue weighted by molar-refractivity contribution is 7.85. The van der Waals surface area contributed by atoms with Crippen LogP contribution in [0.1, 0.15) is 20.8 Å². The first-order valence-electron chi connectivity index (χ1n) is 6.00. The van der Waals surface area contributed by atoms with Crippen molar-refractivity contribution in [3.8, 4) is 0 Å². The SMILES string of the molecule is CC(C)(C)OC(=O)N1CCOCC1COS(C)(=O)=O. The Morgan fingerprint density at radius 1 is 1.42 bits per heavy atom. The topological polar surface area (TPSA) is 82.1 Å². The standard InChI is InChI=1S/C11H21NO6S/c1-11(2,3)18-10(13)12-5-6-16-7-9(12)8-17-19(4,14)15/h9H,5-8H2,1-4H3. The minimum absolute atomic E-state index is 0.127. The van der Waals surface area contributed by atoms with E-state index in [-0.39, 0.29) is 13.2 Å². The van der Waals surface area contributed by atoms with Gasteiger partial charge in [-0.2, -0.15) is 8.42 Å². The number of hydrogen-bond acceptors (Lipinski definition) is 6. The summed E-state index contributed by atoms with van der Waals surface area (Å²) in [6.45, 7) is 6.17. The van der Waals surface area contributed by atoms with E-state index in [2.05, 4.69) is 0 Å². The molecule has 1 atom stereocenters. The first-order chi connectivity index (χ1) is 8.58. The lowest BCUT2D eigenvalue weighted by atomic mass is 10.2. The molecule has 0 aromatic carbocycles. The van der Waals surface area contributed by atoms with Crippen molar-refractivity contribution in [1.29, 1.82) is 0 Å². The minimum Gasteiger partial charge on any atom is -0.444 e. The van der Waals surface area contributed by atoms with Crippen molar-refractivity contribution in [1.82, 2.24) is 4.90 Å². The van der Waals surface area contributed by atoms with Gasteiger partial charge < -0.3 is 9.47 Å². The number of hydrogen-bond donors (Lipinski definition) is 0. The Kier molecular flexibility index (Phi) is 5.17. The number of amides is 1. The van der Waals surface area contributed by atoms with Crippen LogP contribution < -0.4 is 0 Å². The molecule has 19 heavy (non-hydrogen) atoms. The van der Waals surface area contributed by atoms with Gasteiger partial charge in [0.1, 0.15) is 5.60 Å². The van der Waals surface area contributed by atoms with Crippen LogP contribution >= 0.6 is 0 Å². The maximum absolute atomic E-state index is 12.0. The quantitative estimate of drug-likeness (QED) is 0.709. The molecule has 1 saturated heterocycles. The summed E-state index contributed by atoms with van der Waals surface area (Å²) in [4.78, 5) is 13.4. The number of rotatable bonds is 3. The van der Waals surface area contributed by atoms with Crippen LogP contribution in [0, 0.1) is 0 Å². The van der Waals surface area contributed by atoms with Crippen molar-refractivity contribution in [2.24, 2.45) is 0 Å². The summed E-state index contributed by atoms with van der Waals surface area (Å²) in [6, 6.07) is -0.460. The summed E-state index contributed by atoms with van der Waals surface area (Å²) in [5.41, 5.74) is -0.600. The summed E-state index contributed by atoms with van der Waals surface area (Å²) in [7, 11) is -3.54. The van der Waals surface area contributed by atoms with E-state index in [1.165, 1.54) is 4.90 Å². The second-order valence-electron chi connectivity index (χ2n) is 5.39. The third-order valence-corrected chi connectivity index (χ3v) is 2.89. The van der Waals surface area contributed by atoms with Gasteiger partial charge in [-0.1, -0.05) is 0 Å². The van der Waals surface area contributed by atoms with Crippen LogP contribution in [0.5, 0.6) is 0 Å². The van der Waals surface area contributed by atoms with Crippen molar-refractivity contribution < 1.29 is 26.9 Å². The van der Waals surface area contributed by atoms with E-state index in [0.29, 0.717) is 13.2 Å². The molecule has 0 aliphatic carbocycles. The summed E-state index contributed by atoms with van der Waals surface area (Å²) < 4.78 is 37.2. The second-order valence-corrected chi connectivity index (χ2v) is 7.04. The van der Waals surface area contributed by atoms with Crippen molar-refractivity contribution >= 4 is 16.2 Å². The average Bonchev–Trinajstić information content (AvgIpc) is 2.23. The minimum atomic E-state index is -3.54. The zero-order valence-electron chi connectivity index (χ0n) is 11.7. The zero-order valence-corrected chi connectivity index (χ0v) is 12.5. The molecule has 7 nitrogen and oxygen atoms in total. The fourth-order valence-corrected chi connectivity index (χ4v) is 1.96. The zero-order chi connectivity index (χ0) is 14.7.